The van der Waals surface area contributed by atoms with Crippen molar-refractivity contribution >= 4 is 29.4 Å². The first kappa shape index (κ1) is 34.6. The molecule has 2 amide bonds. The topological polar surface area (TPSA) is 135 Å². The van der Waals surface area contributed by atoms with Crippen molar-refractivity contribution in [3.63, 3.8) is 0 Å². The van der Waals surface area contributed by atoms with Crippen molar-refractivity contribution in [2.75, 3.05) is 6.54 Å². The monoisotopic (exact) mass is 726 g/mol. The summed E-state index contributed by atoms with van der Waals surface area (Å²) in [5, 5.41) is 19.0. The molecule has 1 aliphatic carbocycles. The van der Waals surface area contributed by atoms with E-state index in [2.05, 4.69) is 35.9 Å². The van der Waals surface area contributed by atoms with Crippen LogP contribution in [-0.2, 0) is 15.1 Å². The lowest BCUT2D eigenvalue weighted by Crippen LogP contribution is -2.50. The summed E-state index contributed by atoms with van der Waals surface area (Å²) >= 11 is 6.53. The van der Waals surface area contributed by atoms with Crippen molar-refractivity contribution in [3.8, 4) is 16.9 Å². The lowest BCUT2D eigenvalue weighted by molar-refractivity contribution is -0.218. The predicted molar refractivity (Wildman–Crippen MR) is 178 cm³/mol. The summed E-state index contributed by atoms with van der Waals surface area (Å²) in [6.07, 6.45) is -3.04. The van der Waals surface area contributed by atoms with Crippen LogP contribution in [0.4, 0.5) is 17.6 Å². The molecular weight excluding hydrogens is 692 g/mol. The maximum Gasteiger partial charge on any atom is 0.394 e. The van der Waals surface area contributed by atoms with Gasteiger partial charge in [-0.3, -0.25) is 14.5 Å². The van der Waals surface area contributed by atoms with Gasteiger partial charge in [0.05, 0.1) is 34.4 Å². The molecule has 2 N–H and O–H groups in total. The Labute approximate surface area is 295 Å². The average Bonchev–Trinajstić information content (AvgIpc) is 3.48. The molecule has 2 fully saturated rings. The molecule has 17 heteroatoms. The molecule has 51 heavy (non-hydrogen) atoms. The molecule has 7 rings (SSSR count). The quantitative estimate of drug-likeness (QED) is 0.169. The lowest BCUT2D eigenvalue weighted by atomic mass is 9.74. The molecule has 3 aliphatic rings. The molecule has 4 aromatic rings. The fourth-order valence-corrected chi connectivity index (χ4v) is 6.61. The molecule has 2 bridgehead atoms. The van der Waals surface area contributed by atoms with Gasteiger partial charge in [0, 0.05) is 18.0 Å². The van der Waals surface area contributed by atoms with Crippen molar-refractivity contribution in [2.24, 2.45) is 16.3 Å². The first-order valence-corrected chi connectivity index (χ1v) is 16.9. The number of aliphatic imine (C=N–C) groups is 1. The molecular formula is C34H35ClF4N10O2. The third-order valence-electron chi connectivity index (χ3n) is 9.58. The van der Waals surface area contributed by atoms with Gasteiger partial charge in [-0.05, 0) is 42.5 Å². The Morgan fingerprint density at radius 2 is 1.84 bits per heavy atom. The smallest absolute Gasteiger partial charge is 0.353 e. The predicted octanol–water partition coefficient (Wildman–Crippen LogP) is 5.97. The van der Waals surface area contributed by atoms with E-state index in [1.54, 1.807) is 61.2 Å². The van der Waals surface area contributed by atoms with Crippen LogP contribution in [0.3, 0.4) is 0 Å². The van der Waals surface area contributed by atoms with Crippen LogP contribution in [-0.4, -0.2) is 65.2 Å². The van der Waals surface area contributed by atoms with Crippen LogP contribution in [0.5, 0.6) is 0 Å². The van der Waals surface area contributed by atoms with Crippen molar-refractivity contribution in [1.29, 1.82) is 0 Å². The summed E-state index contributed by atoms with van der Waals surface area (Å²) in [6.45, 7) is 5.22. The molecule has 0 radical (unpaired) electrons. The zero-order chi connectivity index (χ0) is 36.5. The Kier molecular flexibility index (Phi) is 8.42. The molecule has 0 spiro atoms. The summed E-state index contributed by atoms with van der Waals surface area (Å²) in [7, 11) is 0. The molecule has 4 heterocycles. The van der Waals surface area contributed by atoms with Crippen LogP contribution >= 0.6 is 11.6 Å². The van der Waals surface area contributed by atoms with Gasteiger partial charge in [-0.2, -0.15) is 33.3 Å². The van der Waals surface area contributed by atoms with Gasteiger partial charge in [0.15, 0.2) is 5.82 Å². The number of rotatable bonds is 8. The van der Waals surface area contributed by atoms with E-state index in [1.165, 1.54) is 10.7 Å². The Morgan fingerprint density at radius 1 is 1.12 bits per heavy atom. The largest absolute Gasteiger partial charge is 0.394 e. The molecule has 12 nitrogen and oxygen atoms in total. The number of fused-ring (bicyclic) bond motifs is 5. The summed E-state index contributed by atoms with van der Waals surface area (Å²) in [5.74, 6) is -2.17. The molecule has 2 aliphatic heterocycles. The van der Waals surface area contributed by atoms with E-state index in [0.717, 1.165) is 37.9 Å². The molecule has 1 saturated carbocycles. The molecule has 268 valence electrons. The van der Waals surface area contributed by atoms with Gasteiger partial charge in [-0.25, -0.2) is 19.0 Å². The maximum atomic E-state index is 16.3. The Morgan fingerprint density at radius 3 is 2.51 bits per heavy atom. The number of benzene rings is 2. The van der Waals surface area contributed by atoms with Crippen molar-refractivity contribution in [1.82, 2.24) is 45.3 Å². The number of carbonyl (C=O) groups is 2. The standard InChI is InChI=1S/C34H35ClF4N10O2/c1-18(2)29(50)40-15-26-20-7-12-23(35)25(13-20)48-28(41-17-43-48)27(36)44-31-45-33(30(51)47(26)31,16-32(3,4)34(37,38)39)21-8-5-19(6-9-21)24-14-42-49(46-24)22-10-11-22/h5-9,12-14,17-18,22,26-27H,10-11,15-16H2,1-4H3,(H,40,50)(H,44,45)/t26-,27?,33-/m1/s1. The van der Waals surface area contributed by atoms with Gasteiger partial charge in [0.2, 0.25) is 11.9 Å². The molecule has 3 atom stereocenters. The number of aromatic nitrogens is 6. The van der Waals surface area contributed by atoms with E-state index in [4.69, 9.17) is 11.6 Å². The number of carbonyl (C=O) groups excluding carboxylic acids is 2. The highest BCUT2D eigenvalue weighted by Crippen LogP contribution is 2.49. The van der Waals surface area contributed by atoms with Gasteiger partial charge in [0.25, 0.3) is 12.2 Å². The van der Waals surface area contributed by atoms with Crippen LogP contribution in [0, 0.1) is 11.3 Å². The Hall–Kier alpha value is -4.86. The third-order valence-corrected chi connectivity index (χ3v) is 9.90. The highest BCUT2D eigenvalue weighted by molar-refractivity contribution is 6.32. The second kappa shape index (κ2) is 12.4. The zero-order valence-electron chi connectivity index (χ0n) is 28.1. The zero-order valence-corrected chi connectivity index (χ0v) is 28.9. The first-order chi connectivity index (χ1) is 24.1. The fraction of sp³-hybridized carbons (Fsp3) is 0.441. The summed E-state index contributed by atoms with van der Waals surface area (Å²) in [4.78, 5) is 39.0. The van der Waals surface area contributed by atoms with E-state index in [1.807, 2.05) is 0 Å². The maximum absolute atomic E-state index is 16.3. The van der Waals surface area contributed by atoms with Gasteiger partial charge < -0.3 is 10.6 Å². The second-order valence-corrected chi connectivity index (χ2v) is 14.5. The Bertz CT molecular complexity index is 2020. The lowest BCUT2D eigenvalue weighted by Gasteiger charge is -2.37. The van der Waals surface area contributed by atoms with E-state index in [0.29, 0.717) is 16.8 Å². The minimum atomic E-state index is -4.73. The minimum absolute atomic E-state index is 0.181. The van der Waals surface area contributed by atoms with Crippen LogP contribution in [0.15, 0.2) is 60.0 Å². The Balaban J connectivity index is 1.39. The summed E-state index contributed by atoms with van der Waals surface area (Å²) in [6, 6.07) is 10.4. The average molecular weight is 727 g/mol. The fourth-order valence-electron chi connectivity index (χ4n) is 6.41. The molecule has 2 aromatic carbocycles. The summed E-state index contributed by atoms with van der Waals surface area (Å²) in [5.41, 5.74) is -2.44. The highest BCUT2D eigenvalue weighted by atomic mass is 35.5. The van der Waals surface area contributed by atoms with Gasteiger partial charge in [0.1, 0.15) is 17.6 Å². The second-order valence-electron chi connectivity index (χ2n) is 14.1. The number of nitrogens with zero attached hydrogens (tertiary/aromatic N) is 8. The number of alkyl halides is 4. The van der Waals surface area contributed by atoms with E-state index < -0.39 is 47.7 Å². The number of guanidine groups is 1. The molecule has 2 aromatic heterocycles. The van der Waals surface area contributed by atoms with Crippen LogP contribution < -0.4 is 10.6 Å². The number of hydrogen-bond acceptors (Lipinski definition) is 8. The van der Waals surface area contributed by atoms with E-state index in [-0.39, 0.29) is 46.6 Å². The number of nitrogens with one attached hydrogen (secondary N) is 2. The SMILES string of the molecule is CC(C)C(=O)NC[C@@H]1c2ccc(Cl)c(c2)-n2ncnc2C(F)/N=C2\N[C@](CC(C)(C)C(F)(F)F)(c3ccc(-c4cnn(C5CC5)n4)cc3)C(=O)N21. The van der Waals surface area contributed by atoms with Crippen molar-refractivity contribution in [3.05, 3.63) is 77.0 Å². The van der Waals surface area contributed by atoms with E-state index in [9.17, 15) is 18.0 Å². The number of amides is 2. The molecule has 1 unspecified atom stereocenters. The van der Waals surface area contributed by atoms with Crippen LogP contribution in [0.2, 0.25) is 5.02 Å². The van der Waals surface area contributed by atoms with Gasteiger partial charge in [-0.1, -0.05) is 69.6 Å². The van der Waals surface area contributed by atoms with Crippen molar-refractivity contribution in [2.45, 2.75) is 77.1 Å². The third kappa shape index (κ3) is 6.12. The van der Waals surface area contributed by atoms with Gasteiger partial charge >= 0.3 is 6.18 Å². The van der Waals surface area contributed by atoms with Crippen LogP contribution in [0.1, 0.15) is 82.3 Å². The summed E-state index contributed by atoms with van der Waals surface area (Å²) < 4.78 is 61.4. The van der Waals surface area contributed by atoms with E-state index >= 15 is 9.18 Å². The first-order valence-electron chi connectivity index (χ1n) is 16.5. The number of halogens is 5. The highest BCUT2D eigenvalue weighted by Gasteiger charge is 2.60. The minimum Gasteiger partial charge on any atom is -0.353 e. The van der Waals surface area contributed by atoms with Crippen LogP contribution in [0.25, 0.3) is 16.9 Å². The van der Waals surface area contributed by atoms with Gasteiger partial charge in [-0.15, -0.1) is 0 Å². The number of hydrogen-bond donors (Lipinski definition) is 2. The van der Waals surface area contributed by atoms with Crippen molar-refractivity contribution < 1.29 is 27.2 Å². The molecule has 1 saturated heterocycles. The normalized spacial score (nSPS) is 23.0.